The molecule has 0 saturated carbocycles. The minimum atomic E-state index is -0.775. The predicted molar refractivity (Wildman–Crippen MR) is 127 cm³/mol. The van der Waals surface area contributed by atoms with Crippen LogP contribution in [0.4, 0.5) is 19.4 Å². The third-order valence-electron chi connectivity index (χ3n) is 6.09. The van der Waals surface area contributed by atoms with Crippen LogP contribution in [0, 0.1) is 11.6 Å². The number of methoxy groups -OCH3 is 1. The molecule has 2 aromatic carbocycles. The lowest BCUT2D eigenvalue weighted by Crippen LogP contribution is -2.24. The third-order valence-corrected chi connectivity index (χ3v) is 6.09. The summed E-state index contributed by atoms with van der Waals surface area (Å²) in [5.41, 5.74) is 8.68. The summed E-state index contributed by atoms with van der Waals surface area (Å²) in [6.45, 7) is 4.41. The van der Waals surface area contributed by atoms with Gasteiger partial charge in [-0.3, -0.25) is 5.32 Å². The summed E-state index contributed by atoms with van der Waals surface area (Å²) in [6.07, 6.45) is 0.995. The average Bonchev–Trinajstić information content (AvgIpc) is 3.58. The standard InChI is InChI=1S/C13H17F2NO.C12H12N4O2/c1-17-7-6-16-5-4-11(9-16)10-2-3-12(14)13(15)8-10;13-12(17)14-11-9-6-18-7-10(9)15-16(11)8-4-2-1-3-5-8/h2-3,8,11H,4-7,9H2,1H3;1-5H,6-7H2,(H3,13,14,17). The van der Waals surface area contributed by atoms with Gasteiger partial charge in [-0.2, -0.15) is 5.10 Å². The molecule has 1 atom stereocenters. The Morgan fingerprint density at radius 2 is 2.00 bits per heavy atom. The van der Waals surface area contributed by atoms with E-state index in [-0.39, 0.29) is 0 Å². The fourth-order valence-electron chi connectivity index (χ4n) is 4.31. The molecule has 1 unspecified atom stereocenters. The predicted octanol–water partition coefficient (Wildman–Crippen LogP) is 3.79. The topological polar surface area (TPSA) is 94.6 Å². The normalized spacial score (nSPS) is 17.1. The van der Waals surface area contributed by atoms with Crippen molar-refractivity contribution in [3.05, 3.63) is 77.0 Å². The molecular weight excluding hydrogens is 456 g/mol. The molecule has 0 spiro atoms. The highest BCUT2D eigenvalue weighted by Crippen LogP contribution is 2.30. The second-order valence-electron chi connectivity index (χ2n) is 8.46. The quantitative estimate of drug-likeness (QED) is 0.554. The van der Waals surface area contributed by atoms with Crippen LogP contribution in [0.2, 0.25) is 0 Å². The number of nitrogens with zero attached hydrogens (tertiary/aromatic N) is 3. The zero-order valence-electron chi connectivity index (χ0n) is 19.5. The van der Waals surface area contributed by atoms with E-state index in [0.29, 0.717) is 31.6 Å². The van der Waals surface area contributed by atoms with E-state index in [1.807, 2.05) is 30.3 Å². The summed E-state index contributed by atoms with van der Waals surface area (Å²) in [7, 11) is 1.68. The Kier molecular flexibility index (Phi) is 8.06. The number of hydrogen-bond acceptors (Lipinski definition) is 5. The Morgan fingerprint density at radius 1 is 1.20 bits per heavy atom. The first-order chi connectivity index (χ1) is 17.0. The molecule has 35 heavy (non-hydrogen) atoms. The van der Waals surface area contributed by atoms with E-state index in [2.05, 4.69) is 15.3 Å². The van der Waals surface area contributed by atoms with Gasteiger partial charge in [0.05, 0.1) is 31.2 Å². The van der Waals surface area contributed by atoms with Gasteiger partial charge in [0.2, 0.25) is 0 Å². The number of amides is 2. The minimum Gasteiger partial charge on any atom is -0.383 e. The third kappa shape index (κ3) is 6.02. The monoisotopic (exact) mass is 485 g/mol. The minimum absolute atomic E-state index is 0.307. The molecule has 5 rings (SSSR count). The molecule has 2 amide bonds. The number of fused-ring (bicyclic) bond motifs is 1. The van der Waals surface area contributed by atoms with Crippen molar-refractivity contribution >= 4 is 11.8 Å². The fourth-order valence-corrected chi connectivity index (χ4v) is 4.31. The number of rotatable bonds is 6. The van der Waals surface area contributed by atoms with Crippen molar-refractivity contribution in [1.82, 2.24) is 14.7 Å². The molecule has 2 aliphatic rings. The highest BCUT2D eigenvalue weighted by atomic mass is 19.2. The Hall–Kier alpha value is -3.34. The van der Waals surface area contributed by atoms with Crippen LogP contribution in [0.5, 0.6) is 0 Å². The van der Waals surface area contributed by atoms with Crippen LogP contribution in [-0.4, -0.2) is 54.1 Å². The number of carbonyl (C=O) groups is 1. The Bertz CT molecular complexity index is 1160. The Morgan fingerprint density at radius 3 is 2.71 bits per heavy atom. The van der Waals surface area contributed by atoms with Crippen molar-refractivity contribution in [2.75, 3.05) is 38.7 Å². The molecule has 186 valence electrons. The summed E-state index contributed by atoms with van der Waals surface area (Å²) in [5.74, 6) is -0.635. The van der Waals surface area contributed by atoms with Crippen LogP contribution in [0.1, 0.15) is 29.2 Å². The number of nitrogens with two attached hydrogens (primary N) is 1. The fraction of sp³-hybridized carbons (Fsp3) is 0.360. The van der Waals surface area contributed by atoms with E-state index < -0.39 is 17.7 Å². The molecule has 10 heteroatoms. The van der Waals surface area contributed by atoms with E-state index in [0.717, 1.165) is 48.6 Å². The van der Waals surface area contributed by atoms with Crippen LogP contribution >= 0.6 is 0 Å². The first kappa shape index (κ1) is 24.8. The largest absolute Gasteiger partial charge is 0.383 e. The molecule has 1 aromatic heterocycles. The Labute approximate surface area is 202 Å². The lowest BCUT2D eigenvalue weighted by atomic mass is 9.98. The number of carbonyl (C=O) groups excluding carboxylic acids is 1. The van der Waals surface area contributed by atoms with Crippen LogP contribution in [0.25, 0.3) is 5.69 Å². The number of likely N-dealkylation sites (tertiary alicyclic amines) is 1. The van der Waals surface area contributed by atoms with Crippen molar-refractivity contribution in [3.8, 4) is 5.69 Å². The molecule has 3 heterocycles. The smallest absolute Gasteiger partial charge is 0.317 e. The van der Waals surface area contributed by atoms with Gasteiger partial charge in [-0.1, -0.05) is 24.3 Å². The molecular formula is C25H29F2N5O3. The number of nitrogens with one attached hydrogen (secondary N) is 1. The van der Waals surface area contributed by atoms with Crippen molar-refractivity contribution in [3.63, 3.8) is 0 Å². The van der Waals surface area contributed by atoms with E-state index in [4.69, 9.17) is 15.2 Å². The number of para-hydroxylation sites is 1. The second-order valence-corrected chi connectivity index (χ2v) is 8.46. The maximum atomic E-state index is 13.1. The Balaban J connectivity index is 0.000000165. The van der Waals surface area contributed by atoms with Crippen LogP contribution in [0.3, 0.4) is 0 Å². The maximum Gasteiger partial charge on any atom is 0.317 e. The number of benzene rings is 2. The number of halogens is 2. The number of urea groups is 1. The summed E-state index contributed by atoms with van der Waals surface area (Å²) in [5, 5.41) is 7.05. The summed E-state index contributed by atoms with van der Waals surface area (Å²) in [6, 6.07) is 13.2. The van der Waals surface area contributed by atoms with Gasteiger partial charge >= 0.3 is 6.03 Å². The van der Waals surface area contributed by atoms with Crippen molar-refractivity contribution < 1.29 is 23.0 Å². The molecule has 2 aliphatic heterocycles. The van der Waals surface area contributed by atoms with Gasteiger partial charge in [-0.25, -0.2) is 18.3 Å². The van der Waals surface area contributed by atoms with Gasteiger partial charge in [-0.15, -0.1) is 0 Å². The van der Waals surface area contributed by atoms with E-state index in [1.165, 1.54) is 12.1 Å². The number of hydrogen-bond donors (Lipinski definition) is 2. The molecule has 3 aromatic rings. The maximum absolute atomic E-state index is 13.1. The van der Waals surface area contributed by atoms with Crippen LogP contribution in [-0.2, 0) is 22.7 Å². The first-order valence-electron chi connectivity index (χ1n) is 11.4. The molecule has 0 radical (unpaired) electrons. The highest BCUT2D eigenvalue weighted by Gasteiger charge is 2.25. The summed E-state index contributed by atoms with van der Waals surface area (Å²) >= 11 is 0. The number of primary amides is 1. The van der Waals surface area contributed by atoms with Gasteiger partial charge in [0.25, 0.3) is 0 Å². The van der Waals surface area contributed by atoms with E-state index in [1.54, 1.807) is 17.9 Å². The van der Waals surface area contributed by atoms with Crippen molar-refractivity contribution in [2.45, 2.75) is 25.6 Å². The molecule has 3 N–H and O–H groups in total. The van der Waals surface area contributed by atoms with Gasteiger partial charge in [0, 0.05) is 25.8 Å². The van der Waals surface area contributed by atoms with Crippen molar-refractivity contribution in [1.29, 1.82) is 0 Å². The molecule has 1 fully saturated rings. The molecule has 1 saturated heterocycles. The zero-order chi connectivity index (χ0) is 24.8. The average molecular weight is 486 g/mol. The van der Waals surface area contributed by atoms with Gasteiger partial charge in [-0.05, 0) is 48.7 Å². The number of ether oxygens (including phenoxy) is 2. The molecule has 0 bridgehead atoms. The van der Waals surface area contributed by atoms with Gasteiger partial charge < -0.3 is 20.1 Å². The number of anilines is 1. The summed E-state index contributed by atoms with van der Waals surface area (Å²) in [4.78, 5) is 13.4. The molecule has 0 aliphatic carbocycles. The van der Waals surface area contributed by atoms with E-state index in [9.17, 15) is 13.6 Å². The first-order valence-corrected chi connectivity index (χ1v) is 11.4. The highest BCUT2D eigenvalue weighted by molar-refractivity contribution is 5.88. The van der Waals surface area contributed by atoms with Crippen LogP contribution < -0.4 is 11.1 Å². The number of aromatic nitrogens is 2. The van der Waals surface area contributed by atoms with Gasteiger partial charge in [0.15, 0.2) is 11.6 Å². The molecule has 8 nitrogen and oxygen atoms in total. The lowest BCUT2D eigenvalue weighted by Gasteiger charge is -2.15. The van der Waals surface area contributed by atoms with E-state index >= 15 is 0 Å². The summed E-state index contributed by atoms with van der Waals surface area (Å²) < 4.78 is 38.0. The van der Waals surface area contributed by atoms with Crippen LogP contribution in [0.15, 0.2) is 48.5 Å². The second kappa shape index (κ2) is 11.4. The van der Waals surface area contributed by atoms with Gasteiger partial charge in [0.1, 0.15) is 5.82 Å². The zero-order valence-corrected chi connectivity index (χ0v) is 19.5. The van der Waals surface area contributed by atoms with Crippen molar-refractivity contribution in [2.24, 2.45) is 5.73 Å². The lowest BCUT2D eigenvalue weighted by molar-refractivity contribution is 0.131. The SMILES string of the molecule is COCCN1CCC(c2ccc(F)c(F)c2)C1.NC(=O)Nc1c2c(nn1-c1ccccc1)COC2.